The first kappa shape index (κ1) is 14.9. The molecule has 1 aromatic heterocycles. The van der Waals surface area contributed by atoms with E-state index < -0.39 is 0 Å². The monoisotopic (exact) mass is 346 g/mol. The first-order valence-electron chi connectivity index (χ1n) is 8.10. The summed E-state index contributed by atoms with van der Waals surface area (Å²) < 4.78 is 5.85. The molecule has 1 heterocycles. The van der Waals surface area contributed by atoms with Gasteiger partial charge in [0.25, 0.3) is 0 Å². The van der Waals surface area contributed by atoms with E-state index in [1.54, 1.807) is 0 Å². The molecule has 0 saturated heterocycles. The van der Waals surface area contributed by atoms with Crippen LogP contribution in [-0.2, 0) is 6.42 Å². The van der Waals surface area contributed by atoms with E-state index in [1.165, 1.54) is 43.2 Å². The van der Waals surface area contributed by atoms with Crippen LogP contribution in [0.15, 0.2) is 40.8 Å². The van der Waals surface area contributed by atoms with Crippen molar-refractivity contribution in [1.82, 2.24) is 0 Å². The number of halogens is 1. The molecule has 0 N–H and O–H groups in total. The summed E-state index contributed by atoms with van der Waals surface area (Å²) in [5, 5.41) is 0. The molecule has 1 fully saturated rings. The second-order valence-corrected chi connectivity index (χ2v) is 6.94. The number of rotatable bonds is 4. The topological polar surface area (TPSA) is 13.1 Å². The van der Waals surface area contributed by atoms with Gasteiger partial charge in [-0.3, -0.25) is 0 Å². The van der Waals surface area contributed by atoms with Gasteiger partial charge in [-0.25, -0.2) is 0 Å². The van der Waals surface area contributed by atoms with Crippen molar-refractivity contribution in [2.24, 2.45) is 0 Å². The molecule has 3 rings (SSSR count). The molecule has 2 aromatic rings. The summed E-state index contributed by atoms with van der Waals surface area (Å²) in [6.07, 6.45) is 7.85. The van der Waals surface area contributed by atoms with Gasteiger partial charge in [0, 0.05) is 6.42 Å². The molecule has 1 aliphatic rings. The normalized spacial score (nSPS) is 17.8. The predicted octanol–water partition coefficient (Wildman–Crippen LogP) is 6.37. The highest BCUT2D eigenvalue weighted by Crippen LogP contribution is 2.36. The van der Waals surface area contributed by atoms with Gasteiger partial charge in [-0.1, -0.05) is 66.4 Å². The van der Waals surface area contributed by atoms with Gasteiger partial charge < -0.3 is 4.42 Å². The third-order valence-electron chi connectivity index (χ3n) is 4.59. The molecule has 1 saturated carbocycles. The van der Waals surface area contributed by atoms with Gasteiger partial charge in [-0.15, -0.1) is 0 Å². The van der Waals surface area contributed by atoms with Gasteiger partial charge in [0.1, 0.15) is 11.5 Å². The predicted molar refractivity (Wildman–Crippen MR) is 91.1 cm³/mol. The van der Waals surface area contributed by atoms with Gasteiger partial charge in [0.15, 0.2) is 0 Å². The quantitative estimate of drug-likeness (QED) is 0.585. The molecule has 1 unspecified atom stereocenters. The smallest absolute Gasteiger partial charge is 0.122 e. The molecule has 2 heteroatoms. The van der Waals surface area contributed by atoms with Crippen molar-refractivity contribution in [3.63, 3.8) is 0 Å². The minimum atomic E-state index is 0.151. The van der Waals surface area contributed by atoms with Crippen molar-refractivity contribution >= 4 is 15.9 Å². The lowest BCUT2D eigenvalue weighted by molar-refractivity contribution is 0.443. The largest absolute Gasteiger partial charge is 0.465 e. The second-order valence-electron chi connectivity index (χ2n) is 6.02. The van der Waals surface area contributed by atoms with Crippen LogP contribution in [0, 0.1) is 0 Å². The summed E-state index contributed by atoms with van der Waals surface area (Å²) >= 11 is 3.76. The van der Waals surface area contributed by atoms with Crippen LogP contribution in [0.4, 0.5) is 0 Å². The van der Waals surface area contributed by atoms with Gasteiger partial charge in [0.2, 0.25) is 0 Å². The zero-order valence-corrected chi connectivity index (χ0v) is 14.2. The molecular weight excluding hydrogens is 324 g/mol. The Morgan fingerprint density at radius 2 is 1.76 bits per heavy atom. The van der Waals surface area contributed by atoms with Crippen LogP contribution >= 0.6 is 15.9 Å². The van der Waals surface area contributed by atoms with Crippen LogP contribution in [0.25, 0.3) is 0 Å². The molecule has 1 nitrogen and oxygen atoms in total. The molecule has 0 amide bonds. The van der Waals surface area contributed by atoms with E-state index in [9.17, 15) is 0 Å². The van der Waals surface area contributed by atoms with Gasteiger partial charge in [-0.05, 0) is 42.0 Å². The van der Waals surface area contributed by atoms with Crippen LogP contribution in [0.3, 0.4) is 0 Å². The molecule has 21 heavy (non-hydrogen) atoms. The fourth-order valence-corrected chi connectivity index (χ4v) is 3.81. The molecule has 1 aliphatic carbocycles. The Kier molecular flexibility index (Phi) is 4.84. The maximum atomic E-state index is 5.85. The van der Waals surface area contributed by atoms with E-state index in [0.29, 0.717) is 0 Å². The third-order valence-corrected chi connectivity index (χ3v) is 5.57. The van der Waals surface area contributed by atoms with Crippen molar-refractivity contribution < 1.29 is 4.42 Å². The van der Waals surface area contributed by atoms with Crippen LogP contribution in [-0.4, -0.2) is 0 Å². The molecule has 1 atom stereocenters. The first-order chi connectivity index (χ1) is 10.3. The van der Waals surface area contributed by atoms with Crippen molar-refractivity contribution in [3.8, 4) is 0 Å². The molecule has 1 aromatic carbocycles. The summed E-state index contributed by atoms with van der Waals surface area (Å²) in [7, 11) is 0. The van der Waals surface area contributed by atoms with E-state index in [-0.39, 0.29) is 4.83 Å². The van der Waals surface area contributed by atoms with Crippen molar-refractivity contribution in [2.45, 2.75) is 56.2 Å². The van der Waals surface area contributed by atoms with Gasteiger partial charge >= 0.3 is 0 Å². The maximum Gasteiger partial charge on any atom is 0.122 e. The Balaban J connectivity index is 1.73. The Labute approximate surface area is 135 Å². The van der Waals surface area contributed by atoms with Crippen LogP contribution in [0.1, 0.15) is 72.4 Å². The number of alkyl halides is 1. The van der Waals surface area contributed by atoms with Crippen LogP contribution < -0.4 is 0 Å². The lowest BCUT2D eigenvalue weighted by Crippen LogP contribution is -2.04. The lowest BCUT2D eigenvalue weighted by Gasteiger charge is -2.22. The first-order valence-corrected chi connectivity index (χ1v) is 9.02. The van der Waals surface area contributed by atoms with E-state index in [2.05, 4.69) is 59.3 Å². The number of benzene rings is 1. The Hall–Kier alpha value is -1.02. The fourth-order valence-electron chi connectivity index (χ4n) is 3.26. The number of hydrogen-bond donors (Lipinski definition) is 0. The standard InChI is InChI=1S/C19H23BrO/c1-2-17-12-13-18(21-17)19(20)16-10-8-15(9-11-16)14-6-4-3-5-7-14/h8-14,19H,2-7H2,1H3. The van der Waals surface area contributed by atoms with Gasteiger partial charge in [-0.2, -0.15) is 0 Å². The van der Waals surface area contributed by atoms with Crippen LogP contribution in [0.5, 0.6) is 0 Å². The minimum Gasteiger partial charge on any atom is -0.465 e. The Morgan fingerprint density at radius 1 is 1.05 bits per heavy atom. The SMILES string of the molecule is CCc1ccc(C(Br)c2ccc(C3CCCCC3)cc2)o1. The summed E-state index contributed by atoms with van der Waals surface area (Å²) in [4.78, 5) is 0.151. The summed E-state index contributed by atoms with van der Waals surface area (Å²) in [5.41, 5.74) is 2.78. The van der Waals surface area contributed by atoms with E-state index >= 15 is 0 Å². The van der Waals surface area contributed by atoms with E-state index in [4.69, 9.17) is 4.42 Å². The minimum absolute atomic E-state index is 0.151. The number of aryl methyl sites for hydroxylation is 1. The number of furan rings is 1. The molecule has 0 bridgehead atoms. The molecule has 0 spiro atoms. The van der Waals surface area contributed by atoms with Crippen molar-refractivity contribution in [2.75, 3.05) is 0 Å². The molecule has 0 radical (unpaired) electrons. The average Bonchev–Trinajstić information content (AvgIpc) is 3.04. The van der Waals surface area contributed by atoms with E-state index in [1.807, 2.05) is 0 Å². The van der Waals surface area contributed by atoms with Crippen molar-refractivity contribution in [3.05, 3.63) is 59.0 Å². The Bertz CT molecular complexity index is 564. The van der Waals surface area contributed by atoms with E-state index in [0.717, 1.165) is 23.9 Å². The third kappa shape index (κ3) is 3.42. The summed E-state index contributed by atoms with van der Waals surface area (Å²) in [6.45, 7) is 2.12. The number of hydrogen-bond acceptors (Lipinski definition) is 1. The summed E-state index contributed by atoms with van der Waals surface area (Å²) in [5.74, 6) is 2.82. The average molecular weight is 347 g/mol. The lowest BCUT2D eigenvalue weighted by atomic mass is 9.84. The van der Waals surface area contributed by atoms with Crippen LogP contribution in [0.2, 0.25) is 0 Å². The van der Waals surface area contributed by atoms with Crippen molar-refractivity contribution in [1.29, 1.82) is 0 Å². The highest BCUT2D eigenvalue weighted by Gasteiger charge is 2.17. The molecule has 0 aliphatic heterocycles. The summed E-state index contributed by atoms with van der Waals surface area (Å²) in [6, 6.07) is 13.3. The molecule has 112 valence electrons. The molecular formula is C19H23BrO. The van der Waals surface area contributed by atoms with Gasteiger partial charge in [0.05, 0.1) is 4.83 Å². The second kappa shape index (κ2) is 6.83. The highest BCUT2D eigenvalue weighted by atomic mass is 79.9. The Morgan fingerprint density at radius 3 is 2.38 bits per heavy atom. The fraction of sp³-hybridized carbons (Fsp3) is 0.474. The zero-order chi connectivity index (χ0) is 14.7. The zero-order valence-electron chi connectivity index (χ0n) is 12.6. The maximum absolute atomic E-state index is 5.85. The highest BCUT2D eigenvalue weighted by molar-refractivity contribution is 9.09.